The molecule has 3 rings (SSSR count). The third kappa shape index (κ3) is 2.24. The molecular weight excluding hydrogens is 302 g/mol. The van der Waals surface area contributed by atoms with Crippen LogP contribution in [0, 0.1) is 6.92 Å². The number of ketones is 2. The Kier molecular flexibility index (Phi) is 3.38. The molecule has 0 bridgehead atoms. The van der Waals surface area contributed by atoms with Crippen LogP contribution in [0.1, 0.15) is 12.5 Å². The van der Waals surface area contributed by atoms with Crippen molar-refractivity contribution >= 4 is 21.6 Å². The van der Waals surface area contributed by atoms with Crippen LogP contribution in [0.3, 0.4) is 0 Å². The lowest BCUT2D eigenvalue weighted by Gasteiger charge is -2.16. The molecule has 0 aromatic heterocycles. The van der Waals surface area contributed by atoms with E-state index in [1.165, 1.54) is 22.5 Å². The molecule has 0 amide bonds. The van der Waals surface area contributed by atoms with Gasteiger partial charge >= 0.3 is 0 Å². The molecular formula is C16H15NO4S. The van der Waals surface area contributed by atoms with Gasteiger partial charge in [0.15, 0.2) is 11.6 Å². The highest BCUT2D eigenvalue weighted by Gasteiger charge is 2.38. The molecule has 1 aromatic rings. The number of hydrogen-bond donors (Lipinski definition) is 0. The highest BCUT2D eigenvalue weighted by molar-refractivity contribution is 7.89. The molecule has 0 saturated heterocycles. The normalized spacial score (nSPS) is 19.5. The van der Waals surface area contributed by atoms with E-state index in [0.717, 1.165) is 5.56 Å². The maximum atomic E-state index is 12.6. The molecule has 5 nitrogen and oxygen atoms in total. The lowest BCUT2D eigenvalue weighted by molar-refractivity contribution is -0.115. The molecule has 0 saturated carbocycles. The molecule has 114 valence electrons. The number of allylic oxidation sites excluding steroid dienone is 2. The van der Waals surface area contributed by atoms with Crippen LogP contribution >= 0.6 is 0 Å². The quantitative estimate of drug-likeness (QED) is 0.773. The minimum Gasteiger partial charge on any atom is -0.290 e. The van der Waals surface area contributed by atoms with Crippen molar-refractivity contribution in [3.8, 4) is 0 Å². The van der Waals surface area contributed by atoms with Gasteiger partial charge in [0, 0.05) is 29.8 Å². The third-order valence-corrected chi connectivity index (χ3v) is 5.78. The highest BCUT2D eigenvalue weighted by Crippen LogP contribution is 2.30. The van der Waals surface area contributed by atoms with E-state index in [1.54, 1.807) is 19.1 Å². The fraction of sp³-hybridized carbons (Fsp3) is 0.250. The summed E-state index contributed by atoms with van der Waals surface area (Å²) >= 11 is 0. The number of hydrogen-bond acceptors (Lipinski definition) is 4. The molecule has 22 heavy (non-hydrogen) atoms. The molecule has 0 N–H and O–H groups in total. The van der Waals surface area contributed by atoms with E-state index in [9.17, 15) is 18.0 Å². The maximum Gasteiger partial charge on any atom is 0.243 e. The highest BCUT2D eigenvalue weighted by atomic mass is 32.2. The van der Waals surface area contributed by atoms with E-state index in [4.69, 9.17) is 0 Å². The zero-order valence-electron chi connectivity index (χ0n) is 12.3. The molecule has 0 spiro atoms. The summed E-state index contributed by atoms with van der Waals surface area (Å²) in [5, 5.41) is 0. The Bertz CT molecular complexity index is 845. The zero-order chi connectivity index (χ0) is 16.1. The SMILES string of the molecule is CC1=CC(=O)C2=C(CN(S(=O)(=O)c3ccc(C)cc3)C2)C1=O. The first-order valence-electron chi connectivity index (χ1n) is 6.87. The molecule has 1 aliphatic carbocycles. The van der Waals surface area contributed by atoms with Gasteiger partial charge in [-0.1, -0.05) is 17.7 Å². The van der Waals surface area contributed by atoms with Gasteiger partial charge in [0.25, 0.3) is 0 Å². The Morgan fingerprint density at radius 1 is 0.955 bits per heavy atom. The van der Waals surface area contributed by atoms with Crippen LogP contribution in [0.4, 0.5) is 0 Å². The predicted octanol–water partition coefficient (Wildman–Crippen LogP) is 1.39. The standard InChI is InChI=1S/C16H15NO4S/c1-10-3-5-12(6-4-10)22(20,21)17-8-13-14(9-17)16(19)11(2)7-15(13)18/h3-7H,8-9H2,1-2H3. The van der Waals surface area contributed by atoms with E-state index in [1.807, 2.05) is 6.92 Å². The van der Waals surface area contributed by atoms with E-state index >= 15 is 0 Å². The Balaban J connectivity index is 1.93. The molecule has 1 aromatic carbocycles. The van der Waals surface area contributed by atoms with Crippen LogP contribution in [0.5, 0.6) is 0 Å². The van der Waals surface area contributed by atoms with Crippen LogP contribution in [0.2, 0.25) is 0 Å². The second-order valence-electron chi connectivity index (χ2n) is 5.56. The summed E-state index contributed by atoms with van der Waals surface area (Å²) < 4.78 is 26.5. The van der Waals surface area contributed by atoms with Crippen LogP contribution in [0.15, 0.2) is 52.0 Å². The summed E-state index contributed by atoms with van der Waals surface area (Å²) in [6, 6.07) is 6.51. The van der Waals surface area contributed by atoms with Crippen molar-refractivity contribution in [2.45, 2.75) is 18.7 Å². The van der Waals surface area contributed by atoms with Gasteiger partial charge in [-0.2, -0.15) is 4.31 Å². The largest absolute Gasteiger partial charge is 0.290 e. The molecule has 1 heterocycles. The lowest BCUT2D eigenvalue weighted by Crippen LogP contribution is -2.30. The van der Waals surface area contributed by atoms with Crippen LogP contribution in [-0.4, -0.2) is 37.4 Å². The molecule has 0 unspecified atom stereocenters. The van der Waals surface area contributed by atoms with Crippen LogP contribution in [0.25, 0.3) is 0 Å². The van der Waals surface area contributed by atoms with Crippen molar-refractivity contribution in [2.75, 3.05) is 13.1 Å². The van der Waals surface area contributed by atoms with Crippen molar-refractivity contribution in [1.29, 1.82) is 0 Å². The second-order valence-corrected chi connectivity index (χ2v) is 7.50. The average molecular weight is 317 g/mol. The first-order chi connectivity index (χ1) is 10.3. The lowest BCUT2D eigenvalue weighted by atomic mass is 9.92. The van der Waals surface area contributed by atoms with E-state index < -0.39 is 10.0 Å². The number of rotatable bonds is 2. The zero-order valence-corrected chi connectivity index (χ0v) is 13.1. The minimum atomic E-state index is -3.71. The van der Waals surface area contributed by atoms with Crippen molar-refractivity contribution in [1.82, 2.24) is 4.31 Å². The molecule has 0 radical (unpaired) electrons. The Morgan fingerprint density at radius 2 is 1.55 bits per heavy atom. The molecule has 0 atom stereocenters. The van der Waals surface area contributed by atoms with Gasteiger partial charge in [0.05, 0.1) is 4.90 Å². The van der Waals surface area contributed by atoms with Gasteiger partial charge < -0.3 is 0 Å². The van der Waals surface area contributed by atoms with Crippen LogP contribution in [-0.2, 0) is 19.6 Å². The van der Waals surface area contributed by atoms with Crippen molar-refractivity contribution in [2.24, 2.45) is 0 Å². The molecule has 0 fully saturated rings. The topological polar surface area (TPSA) is 71.5 Å². The van der Waals surface area contributed by atoms with Gasteiger partial charge in [-0.15, -0.1) is 0 Å². The van der Waals surface area contributed by atoms with Gasteiger partial charge in [-0.3, -0.25) is 9.59 Å². The average Bonchev–Trinajstić information content (AvgIpc) is 2.92. The van der Waals surface area contributed by atoms with Gasteiger partial charge in [0.2, 0.25) is 10.0 Å². The molecule has 1 aliphatic heterocycles. The number of benzene rings is 1. The number of sulfonamides is 1. The number of carbonyl (C=O) groups excluding carboxylic acids is 2. The maximum absolute atomic E-state index is 12.6. The number of Topliss-reactive ketones (excluding diaryl/α,β-unsaturated/α-hetero) is 1. The van der Waals surface area contributed by atoms with Crippen molar-refractivity contribution in [3.63, 3.8) is 0 Å². The van der Waals surface area contributed by atoms with Crippen molar-refractivity contribution < 1.29 is 18.0 Å². The van der Waals surface area contributed by atoms with Gasteiger partial charge in [-0.25, -0.2) is 8.42 Å². The smallest absolute Gasteiger partial charge is 0.243 e. The minimum absolute atomic E-state index is 0.0404. The van der Waals surface area contributed by atoms with E-state index in [0.29, 0.717) is 16.7 Å². The number of aryl methyl sites for hydroxylation is 1. The number of nitrogens with zero attached hydrogens (tertiary/aromatic N) is 1. The molecule has 6 heteroatoms. The van der Waals surface area contributed by atoms with Gasteiger partial charge in [0.1, 0.15) is 0 Å². The summed E-state index contributed by atoms with van der Waals surface area (Å²) in [6.45, 7) is 3.36. The fourth-order valence-electron chi connectivity index (χ4n) is 2.65. The van der Waals surface area contributed by atoms with E-state index in [2.05, 4.69) is 0 Å². The summed E-state index contributed by atoms with van der Waals surface area (Å²) in [7, 11) is -3.71. The van der Waals surface area contributed by atoms with Crippen LogP contribution < -0.4 is 0 Å². The first kappa shape index (κ1) is 14.9. The fourth-order valence-corrected chi connectivity index (χ4v) is 4.03. The Labute approximate surface area is 129 Å². The first-order valence-corrected chi connectivity index (χ1v) is 8.31. The monoisotopic (exact) mass is 317 g/mol. The summed E-state index contributed by atoms with van der Waals surface area (Å²) in [5.74, 6) is -0.509. The summed E-state index contributed by atoms with van der Waals surface area (Å²) in [4.78, 5) is 24.3. The van der Waals surface area contributed by atoms with Gasteiger partial charge in [-0.05, 0) is 32.1 Å². The predicted molar refractivity (Wildman–Crippen MR) is 80.7 cm³/mol. The summed E-state index contributed by atoms with van der Waals surface area (Å²) in [6.07, 6.45) is 1.28. The Morgan fingerprint density at radius 3 is 2.18 bits per heavy atom. The van der Waals surface area contributed by atoms with Crippen molar-refractivity contribution in [3.05, 3.63) is 52.6 Å². The van der Waals surface area contributed by atoms with E-state index in [-0.39, 0.29) is 29.6 Å². The summed E-state index contributed by atoms with van der Waals surface area (Å²) in [5.41, 5.74) is 1.92. The number of carbonyl (C=O) groups is 2. The third-order valence-electron chi connectivity index (χ3n) is 3.97. The Hall–Kier alpha value is -2.05. The molecule has 2 aliphatic rings. The second kappa shape index (κ2) is 5.00.